The number of aromatic nitrogens is 1. The van der Waals surface area contributed by atoms with Crippen LogP contribution in [-0.4, -0.2) is 9.97 Å². The van der Waals surface area contributed by atoms with Gasteiger partial charge >= 0.3 is 0 Å². The van der Waals surface area contributed by atoms with Crippen LogP contribution in [0.2, 0.25) is 0 Å². The van der Waals surface area contributed by atoms with Gasteiger partial charge in [0.25, 0.3) is 0 Å². The normalized spacial score (nSPS) is 10.1. The molecule has 0 spiro atoms. The molecule has 6 heteroatoms. The summed E-state index contributed by atoms with van der Waals surface area (Å²) in [6, 6.07) is 7.42. The Kier molecular flexibility index (Phi) is 3.88. The maximum Gasteiger partial charge on any atom is 0.144 e. The number of hydrogen-bond donors (Lipinski definition) is 1. The first-order valence-corrected chi connectivity index (χ1v) is 6.15. The summed E-state index contributed by atoms with van der Waals surface area (Å²) in [7, 11) is 0. The lowest BCUT2D eigenvalue weighted by molar-refractivity contribution is 0.473. The molecule has 0 amide bonds. The summed E-state index contributed by atoms with van der Waals surface area (Å²) in [6.07, 6.45) is 1.52. The number of thiocarbonyl (C=S) groups is 1. The van der Waals surface area contributed by atoms with Crippen LogP contribution in [0.5, 0.6) is 11.5 Å². The molecule has 2 N–H and O–H groups in total. The van der Waals surface area contributed by atoms with Crippen LogP contribution in [0.15, 0.2) is 41.0 Å². The summed E-state index contributed by atoms with van der Waals surface area (Å²) >= 11 is 8.10. The van der Waals surface area contributed by atoms with Gasteiger partial charge < -0.3 is 10.5 Å². The molecule has 2 aromatic rings. The number of pyridine rings is 1. The van der Waals surface area contributed by atoms with Crippen LogP contribution in [0.25, 0.3) is 0 Å². The first kappa shape index (κ1) is 12.9. The Bertz CT molecular complexity index is 606. The van der Waals surface area contributed by atoms with Gasteiger partial charge in [0.1, 0.15) is 28.0 Å². The summed E-state index contributed by atoms with van der Waals surface area (Å²) in [4.78, 5) is 4.17. The lowest BCUT2D eigenvalue weighted by atomic mass is 10.3. The standard InChI is InChI=1S/C12H8BrFN2OS/c13-9-2-1-7(14)5-11(9)17-8-3-4-16-10(6-8)12(15)18/h1-6H,(H2,15,18). The zero-order valence-corrected chi connectivity index (χ0v) is 11.5. The summed E-state index contributed by atoms with van der Waals surface area (Å²) in [5.74, 6) is 0.478. The van der Waals surface area contributed by atoms with Gasteiger partial charge in [0.2, 0.25) is 0 Å². The summed E-state index contributed by atoms with van der Waals surface area (Å²) in [5, 5.41) is 0. The number of nitrogens with two attached hydrogens (primary N) is 1. The predicted octanol–water partition coefficient (Wildman–Crippen LogP) is 3.41. The van der Waals surface area contributed by atoms with Gasteiger partial charge in [0.05, 0.1) is 4.47 Å². The van der Waals surface area contributed by atoms with Crippen LogP contribution in [0.1, 0.15) is 5.69 Å². The van der Waals surface area contributed by atoms with Crippen LogP contribution in [0.4, 0.5) is 4.39 Å². The maximum absolute atomic E-state index is 13.1. The van der Waals surface area contributed by atoms with Crippen molar-refractivity contribution in [2.24, 2.45) is 5.73 Å². The van der Waals surface area contributed by atoms with Crippen LogP contribution in [0, 0.1) is 5.82 Å². The summed E-state index contributed by atoms with van der Waals surface area (Å²) in [6.45, 7) is 0. The lowest BCUT2D eigenvalue weighted by Gasteiger charge is -2.08. The minimum atomic E-state index is -0.378. The molecule has 0 saturated heterocycles. The second-order valence-electron chi connectivity index (χ2n) is 3.42. The van der Waals surface area contributed by atoms with Crippen molar-refractivity contribution in [3.63, 3.8) is 0 Å². The average Bonchev–Trinajstić information content (AvgIpc) is 2.34. The van der Waals surface area contributed by atoms with Gasteiger partial charge in [-0.3, -0.25) is 4.98 Å². The molecule has 1 heterocycles. The Labute approximate surface area is 117 Å². The molecule has 0 aliphatic carbocycles. The van der Waals surface area contributed by atoms with Gasteiger partial charge in [-0.05, 0) is 34.1 Å². The van der Waals surface area contributed by atoms with Crippen molar-refractivity contribution < 1.29 is 9.13 Å². The van der Waals surface area contributed by atoms with Crippen molar-refractivity contribution in [1.29, 1.82) is 0 Å². The average molecular weight is 327 g/mol. The quantitative estimate of drug-likeness (QED) is 0.878. The summed E-state index contributed by atoms with van der Waals surface area (Å²) < 4.78 is 19.3. The monoisotopic (exact) mass is 326 g/mol. The molecule has 3 nitrogen and oxygen atoms in total. The van der Waals surface area contributed by atoms with E-state index in [9.17, 15) is 4.39 Å². The van der Waals surface area contributed by atoms with E-state index in [1.54, 1.807) is 18.2 Å². The Morgan fingerprint density at radius 1 is 1.33 bits per heavy atom. The molecule has 0 saturated carbocycles. The molecular formula is C12H8BrFN2OS. The fraction of sp³-hybridized carbons (Fsp3) is 0. The Hall–Kier alpha value is -1.53. The van der Waals surface area contributed by atoms with Crippen molar-refractivity contribution in [2.75, 3.05) is 0 Å². The molecule has 1 aromatic heterocycles. The highest BCUT2D eigenvalue weighted by molar-refractivity contribution is 9.10. The third kappa shape index (κ3) is 3.02. The molecule has 0 atom stereocenters. The van der Waals surface area contributed by atoms with E-state index in [0.717, 1.165) is 0 Å². The topological polar surface area (TPSA) is 48.1 Å². The molecule has 1 aromatic carbocycles. The predicted molar refractivity (Wildman–Crippen MR) is 74.3 cm³/mol. The van der Waals surface area contributed by atoms with Crippen LogP contribution >= 0.6 is 28.1 Å². The van der Waals surface area contributed by atoms with Crippen molar-refractivity contribution in [3.05, 3.63) is 52.5 Å². The molecule has 0 fully saturated rings. The number of nitrogens with zero attached hydrogens (tertiary/aromatic N) is 1. The van der Waals surface area contributed by atoms with Gasteiger partial charge in [-0.1, -0.05) is 12.2 Å². The van der Waals surface area contributed by atoms with E-state index in [2.05, 4.69) is 20.9 Å². The van der Waals surface area contributed by atoms with Crippen molar-refractivity contribution >= 4 is 33.1 Å². The third-order valence-electron chi connectivity index (χ3n) is 2.10. The van der Waals surface area contributed by atoms with Crippen LogP contribution in [0.3, 0.4) is 0 Å². The second kappa shape index (κ2) is 5.41. The fourth-order valence-corrected chi connectivity index (χ4v) is 1.73. The smallest absolute Gasteiger partial charge is 0.144 e. The minimum absolute atomic E-state index is 0.179. The second-order valence-corrected chi connectivity index (χ2v) is 4.71. The number of benzene rings is 1. The fourth-order valence-electron chi connectivity index (χ4n) is 1.29. The van der Waals surface area contributed by atoms with Gasteiger partial charge in [-0.25, -0.2) is 4.39 Å². The van der Waals surface area contributed by atoms with E-state index >= 15 is 0 Å². The van der Waals surface area contributed by atoms with E-state index < -0.39 is 0 Å². The Morgan fingerprint density at radius 3 is 2.83 bits per heavy atom. The van der Waals surface area contributed by atoms with Crippen molar-refractivity contribution in [3.8, 4) is 11.5 Å². The minimum Gasteiger partial charge on any atom is -0.456 e. The van der Waals surface area contributed by atoms with Crippen molar-refractivity contribution in [1.82, 2.24) is 4.98 Å². The number of halogens is 2. The van der Waals surface area contributed by atoms with Crippen LogP contribution in [-0.2, 0) is 0 Å². The number of ether oxygens (including phenoxy) is 1. The highest BCUT2D eigenvalue weighted by atomic mass is 79.9. The van der Waals surface area contributed by atoms with E-state index in [4.69, 9.17) is 22.7 Å². The lowest BCUT2D eigenvalue weighted by Crippen LogP contribution is -2.11. The molecule has 0 radical (unpaired) electrons. The molecule has 92 valence electrons. The largest absolute Gasteiger partial charge is 0.456 e. The van der Waals surface area contributed by atoms with Crippen LogP contribution < -0.4 is 10.5 Å². The first-order chi connectivity index (χ1) is 8.56. The molecule has 0 unspecified atom stereocenters. The molecule has 2 rings (SSSR count). The SMILES string of the molecule is NC(=S)c1cc(Oc2cc(F)ccc2Br)ccn1. The van der Waals surface area contributed by atoms with E-state index in [0.29, 0.717) is 21.7 Å². The van der Waals surface area contributed by atoms with Gasteiger partial charge in [0.15, 0.2) is 0 Å². The molecule has 0 aliphatic rings. The summed E-state index contributed by atoms with van der Waals surface area (Å²) in [5.41, 5.74) is 5.93. The highest BCUT2D eigenvalue weighted by Crippen LogP contribution is 2.30. The maximum atomic E-state index is 13.1. The number of hydrogen-bond acceptors (Lipinski definition) is 3. The zero-order chi connectivity index (χ0) is 13.1. The van der Waals surface area contributed by atoms with Gasteiger partial charge in [-0.2, -0.15) is 0 Å². The number of rotatable bonds is 3. The van der Waals surface area contributed by atoms with Crippen molar-refractivity contribution in [2.45, 2.75) is 0 Å². The zero-order valence-electron chi connectivity index (χ0n) is 9.06. The third-order valence-corrected chi connectivity index (χ3v) is 2.97. The molecule has 0 bridgehead atoms. The molecule has 18 heavy (non-hydrogen) atoms. The van der Waals surface area contributed by atoms with E-state index in [1.807, 2.05) is 0 Å². The first-order valence-electron chi connectivity index (χ1n) is 4.95. The molecular weight excluding hydrogens is 319 g/mol. The highest BCUT2D eigenvalue weighted by Gasteiger charge is 2.06. The van der Waals surface area contributed by atoms with Gasteiger partial charge in [-0.15, -0.1) is 0 Å². The van der Waals surface area contributed by atoms with E-state index in [-0.39, 0.29) is 10.8 Å². The van der Waals surface area contributed by atoms with Gasteiger partial charge in [0, 0.05) is 18.3 Å². The van der Waals surface area contributed by atoms with E-state index in [1.165, 1.54) is 18.3 Å². The Balaban J connectivity index is 2.31. The Morgan fingerprint density at radius 2 is 2.11 bits per heavy atom. The molecule has 0 aliphatic heterocycles.